The van der Waals surface area contributed by atoms with Crippen molar-refractivity contribution in [1.29, 1.82) is 0 Å². The molecule has 0 atom stereocenters. The van der Waals surface area contributed by atoms with Crippen LogP contribution in [0, 0.1) is 13.8 Å². The second-order valence-corrected chi connectivity index (χ2v) is 5.95. The highest BCUT2D eigenvalue weighted by Gasteiger charge is 2.18. The SMILES string of the molecule is Cc1cc(N)cc(S(=O)(=O)NCc2ncn[nH]2)c1C. The zero-order chi connectivity index (χ0) is 14.0. The molecular weight excluding hydrogens is 266 g/mol. The third kappa shape index (κ3) is 2.91. The van der Waals surface area contributed by atoms with Crippen molar-refractivity contribution in [3.8, 4) is 0 Å². The van der Waals surface area contributed by atoms with Crippen LogP contribution < -0.4 is 10.5 Å². The largest absolute Gasteiger partial charge is 0.399 e. The second kappa shape index (κ2) is 4.98. The van der Waals surface area contributed by atoms with Gasteiger partial charge in [-0.1, -0.05) is 0 Å². The normalized spacial score (nSPS) is 11.7. The van der Waals surface area contributed by atoms with E-state index in [1.54, 1.807) is 13.0 Å². The quantitative estimate of drug-likeness (QED) is 0.705. The van der Waals surface area contributed by atoms with Crippen molar-refractivity contribution in [2.75, 3.05) is 5.73 Å². The number of aromatic nitrogens is 3. The second-order valence-electron chi connectivity index (χ2n) is 4.22. The van der Waals surface area contributed by atoms with Crippen LogP contribution in [0.2, 0.25) is 0 Å². The Hall–Kier alpha value is -1.93. The number of hydrogen-bond acceptors (Lipinski definition) is 5. The van der Waals surface area contributed by atoms with E-state index in [0.717, 1.165) is 5.56 Å². The zero-order valence-electron chi connectivity index (χ0n) is 10.6. The van der Waals surface area contributed by atoms with Crippen LogP contribution in [-0.4, -0.2) is 23.6 Å². The van der Waals surface area contributed by atoms with Crippen LogP contribution in [0.4, 0.5) is 5.69 Å². The van der Waals surface area contributed by atoms with Gasteiger partial charge in [-0.3, -0.25) is 5.10 Å². The molecule has 4 N–H and O–H groups in total. The third-order valence-electron chi connectivity index (χ3n) is 2.83. The van der Waals surface area contributed by atoms with Gasteiger partial charge in [0, 0.05) is 5.69 Å². The Labute approximate surface area is 111 Å². The first kappa shape index (κ1) is 13.5. The number of rotatable bonds is 4. The Bertz CT molecular complexity index is 679. The van der Waals surface area contributed by atoms with E-state index in [1.807, 2.05) is 6.92 Å². The van der Waals surface area contributed by atoms with Crippen molar-refractivity contribution in [1.82, 2.24) is 19.9 Å². The first-order chi connectivity index (χ1) is 8.90. The van der Waals surface area contributed by atoms with Crippen LogP contribution in [0.25, 0.3) is 0 Å². The molecule has 0 spiro atoms. The van der Waals surface area contributed by atoms with Gasteiger partial charge in [0.05, 0.1) is 11.4 Å². The summed E-state index contributed by atoms with van der Waals surface area (Å²) in [4.78, 5) is 4.04. The minimum Gasteiger partial charge on any atom is -0.399 e. The predicted octanol–water partition coefficient (Wildman–Crippen LogP) is 0.482. The topological polar surface area (TPSA) is 114 Å². The van der Waals surface area contributed by atoms with E-state index < -0.39 is 10.0 Å². The van der Waals surface area contributed by atoms with Crippen LogP contribution in [0.1, 0.15) is 17.0 Å². The molecule has 102 valence electrons. The summed E-state index contributed by atoms with van der Waals surface area (Å²) < 4.78 is 26.9. The number of nitrogens with zero attached hydrogens (tertiary/aromatic N) is 2. The maximum atomic E-state index is 12.2. The van der Waals surface area contributed by atoms with E-state index in [-0.39, 0.29) is 11.4 Å². The van der Waals surface area contributed by atoms with Crippen molar-refractivity contribution >= 4 is 15.7 Å². The summed E-state index contributed by atoms with van der Waals surface area (Å²) in [6.45, 7) is 3.62. The van der Waals surface area contributed by atoms with Crippen LogP contribution in [0.3, 0.4) is 0 Å². The van der Waals surface area contributed by atoms with Gasteiger partial charge < -0.3 is 5.73 Å². The molecule has 0 saturated heterocycles. The molecule has 1 heterocycles. The Morgan fingerprint density at radius 1 is 1.37 bits per heavy atom. The van der Waals surface area contributed by atoms with Gasteiger partial charge in [-0.05, 0) is 37.1 Å². The average molecular weight is 281 g/mol. The Balaban J connectivity index is 2.29. The highest BCUT2D eigenvalue weighted by molar-refractivity contribution is 7.89. The molecule has 0 aliphatic carbocycles. The molecule has 0 aliphatic rings. The van der Waals surface area contributed by atoms with Gasteiger partial charge in [-0.2, -0.15) is 5.10 Å². The molecule has 0 amide bonds. The first-order valence-electron chi connectivity index (χ1n) is 5.61. The average Bonchev–Trinajstić information content (AvgIpc) is 2.84. The maximum absolute atomic E-state index is 12.2. The third-order valence-corrected chi connectivity index (χ3v) is 4.35. The van der Waals surface area contributed by atoms with Crippen molar-refractivity contribution < 1.29 is 8.42 Å². The van der Waals surface area contributed by atoms with Gasteiger partial charge in [-0.25, -0.2) is 18.1 Å². The number of hydrogen-bond donors (Lipinski definition) is 3. The van der Waals surface area contributed by atoms with Crippen LogP contribution in [0.5, 0.6) is 0 Å². The standard InChI is InChI=1S/C11H15N5O2S/c1-7-3-9(12)4-10(8(7)2)19(17,18)15-5-11-13-6-14-16-11/h3-4,6,15H,5,12H2,1-2H3,(H,13,14,16). The fraction of sp³-hybridized carbons (Fsp3) is 0.273. The fourth-order valence-electron chi connectivity index (χ4n) is 1.69. The van der Waals surface area contributed by atoms with E-state index in [4.69, 9.17) is 5.73 Å². The summed E-state index contributed by atoms with van der Waals surface area (Å²) in [6.07, 6.45) is 1.32. The number of nitrogen functional groups attached to an aromatic ring is 1. The molecule has 2 aromatic rings. The molecule has 8 heteroatoms. The number of aryl methyl sites for hydroxylation is 1. The molecule has 0 saturated carbocycles. The lowest BCUT2D eigenvalue weighted by molar-refractivity contribution is 0.578. The number of anilines is 1. The predicted molar refractivity (Wildman–Crippen MR) is 70.7 cm³/mol. The van der Waals surface area contributed by atoms with E-state index in [1.165, 1.54) is 12.4 Å². The van der Waals surface area contributed by atoms with Gasteiger partial charge >= 0.3 is 0 Å². The lowest BCUT2D eigenvalue weighted by Gasteiger charge is -2.11. The molecule has 2 rings (SSSR count). The number of sulfonamides is 1. The van der Waals surface area contributed by atoms with Crippen molar-refractivity contribution in [3.63, 3.8) is 0 Å². The van der Waals surface area contributed by atoms with Crippen molar-refractivity contribution in [2.24, 2.45) is 0 Å². The summed E-state index contributed by atoms with van der Waals surface area (Å²) in [5, 5.41) is 6.24. The molecule has 0 aliphatic heterocycles. The van der Waals surface area contributed by atoms with Crippen molar-refractivity contribution in [3.05, 3.63) is 35.4 Å². The maximum Gasteiger partial charge on any atom is 0.241 e. The van der Waals surface area contributed by atoms with Crippen LogP contribution >= 0.6 is 0 Å². The molecule has 0 unspecified atom stereocenters. The summed E-state index contributed by atoms with van der Waals surface area (Å²) in [5.41, 5.74) is 7.63. The molecule has 0 fully saturated rings. The lowest BCUT2D eigenvalue weighted by Crippen LogP contribution is -2.25. The monoisotopic (exact) mass is 281 g/mol. The number of benzene rings is 1. The van der Waals surface area contributed by atoms with Gasteiger partial charge in [0.1, 0.15) is 12.2 Å². The van der Waals surface area contributed by atoms with Crippen LogP contribution in [0.15, 0.2) is 23.4 Å². The lowest BCUT2D eigenvalue weighted by atomic mass is 10.1. The fourth-order valence-corrected chi connectivity index (χ4v) is 3.03. The molecule has 19 heavy (non-hydrogen) atoms. The summed E-state index contributed by atoms with van der Waals surface area (Å²) in [6, 6.07) is 3.19. The number of nitrogens with one attached hydrogen (secondary N) is 2. The minimum absolute atomic E-state index is 0.0512. The van der Waals surface area contributed by atoms with Gasteiger partial charge in [0.15, 0.2) is 0 Å². The van der Waals surface area contributed by atoms with E-state index >= 15 is 0 Å². The van der Waals surface area contributed by atoms with E-state index in [0.29, 0.717) is 17.1 Å². The number of H-pyrrole nitrogens is 1. The minimum atomic E-state index is -3.63. The van der Waals surface area contributed by atoms with Gasteiger partial charge in [0.25, 0.3) is 0 Å². The zero-order valence-corrected chi connectivity index (χ0v) is 11.5. The Morgan fingerprint density at radius 2 is 2.11 bits per heavy atom. The molecule has 0 bridgehead atoms. The first-order valence-corrected chi connectivity index (χ1v) is 7.09. The van der Waals surface area contributed by atoms with Gasteiger partial charge in [-0.15, -0.1) is 0 Å². The molecular formula is C11H15N5O2S. The van der Waals surface area contributed by atoms with Crippen molar-refractivity contribution in [2.45, 2.75) is 25.3 Å². The molecule has 0 radical (unpaired) electrons. The Morgan fingerprint density at radius 3 is 2.74 bits per heavy atom. The van der Waals surface area contributed by atoms with E-state index in [2.05, 4.69) is 19.9 Å². The summed E-state index contributed by atoms with van der Waals surface area (Å²) in [5.74, 6) is 0.446. The Kier molecular flexibility index (Phi) is 3.54. The summed E-state index contributed by atoms with van der Waals surface area (Å²) in [7, 11) is -3.63. The summed E-state index contributed by atoms with van der Waals surface area (Å²) >= 11 is 0. The highest BCUT2D eigenvalue weighted by atomic mass is 32.2. The van der Waals surface area contributed by atoms with E-state index in [9.17, 15) is 8.42 Å². The smallest absolute Gasteiger partial charge is 0.241 e. The number of aromatic amines is 1. The van der Waals surface area contributed by atoms with Crippen LogP contribution in [-0.2, 0) is 16.6 Å². The highest BCUT2D eigenvalue weighted by Crippen LogP contribution is 2.22. The van der Waals surface area contributed by atoms with Gasteiger partial charge in [0.2, 0.25) is 10.0 Å². The molecule has 1 aromatic carbocycles. The molecule has 1 aromatic heterocycles. The molecule has 7 nitrogen and oxygen atoms in total. The number of nitrogens with two attached hydrogens (primary N) is 1.